The highest BCUT2D eigenvalue weighted by Gasteiger charge is 2.23. The van der Waals surface area contributed by atoms with Gasteiger partial charge in [-0.2, -0.15) is 0 Å². The van der Waals surface area contributed by atoms with E-state index in [0.29, 0.717) is 17.1 Å². The minimum atomic E-state index is -3.83. The molecule has 156 valence electrons. The Morgan fingerprint density at radius 1 is 1.03 bits per heavy atom. The number of sulfonamides is 1. The van der Waals surface area contributed by atoms with Gasteiger partial charge < -0.3 is 10.1 Å². The van der Waals surface area contributed by atoms with E-state index in [9.17, 15) is 13.2 Å². The van der Waals surface area contributed by atoms with Crippen molar-refractivity contribution in [3.8, 4) is 5.75 Å². The molecule has 0 atom stereocenters. The minimum absolute atomic E-state index is 0.103. The highest BCUT2D eigenvalue weighted by Crippen LogP contribution is 2.28. The molecule has 0 radical (unpaired) electrons. The summed E-state index contributed by atoms with van der Waals surface area (Å²) in [4.78, 5) is 12.9. The Labute approximate surface area is 181 Å². The van der Waals surface area contributed by atoms with Crippen molar-refractivity contribution in [3.63, 3.8) is 0 Å². The van der Waals surface area contributed by atoms with Crippen LogP contribution in [0.25, 0.3) is 0 Å². The molecule has 0 heterocycles. The topological polar surface area (TPSA) is 75.7 Å². The van der Waals surface area contributed by atoms with Crippen molar-refractivity contribution >= 4 is 38.9 Å². The van der Waals surface area contributed by atoms with Gasteiger partial charge in [0.15, 0.2) is 0 Å². The number of benzene rings is 3. The largest absolute Gasteiger partial charge is 0.497 e. The van der Waals surface area contributed by atoms with E-state index >= 15 is 0 Å². The highest BCUT2D eigenvalue weighted by molar-refractivity contribution is 7.92. The van der Waals surface area contributed by atoms with Crippen molar-refractivity contribution in [2.24, 2.45) is 0 Å². The second-order valence-corrected chi connectivity index (χ2v) is 8.96. The zero-order valence-electron chi connectivity index (χ0n) is 16.7. The molecule has 0 aliphatic heterocycles. The number of nitrogens with one attached hydrogen (secondary N) is 1. The van der Waals surface area contributed by atoms with Crippen molar-refractivity contribution < 1.29 is 17.9 Å². The van der Waals surface area contributed by atoms with E-state index < -0.39 is 15.9 Å². The minimum Gasteiger partial charge on any atom is -0.497 e. The number of hydrogen-bond donors (Lipinski definition) is 1. The van der Waals surface area contributed by atoms with Crippen LogP contribution >= 0.6 is 11.6 Å². The summed E-state index contributed by atoms with van der Waals surface area (Å²) >= 11 is 6.22. The standard InChI is InChI=1S/C22H21ClN2O4S/c1-15-6-4-5-7-21(15)24-22(26)19-14-16(8-13-20(19)23)25(2)30(27,28)18-11-9-17(29-3)10-12-18/h4-14H,1-3H3,(H,24,26). The van der Waals surface area contributed by atoms with Crippen molar-refractivity contribution in [2.75, 3.05) is 23.8 Å². The van der Waals surface area contributed by atoms with Crippen LogP contribution in [-0.4, -0.2) is 28.5 Å². The number of halogens is 1. The first-order chi connectivity index (χ1) is 14.2. The highest BCUT2D eigenvalue weighted by atomic mass is 35.5. The number of ether oxygens (including phenoxy) is 1. The number of aryl methyl sites for hydroxylation is 1. The monoisotopic (exact) mass is 444 g/mol. The van der Waals surface area contributed by atoms with Crippen molar-refractivity contribution in [2.45, 2.75) is 11.8 Å². The Morgan fingerprint density at radius 3 is 2.33 bits per heavy atom. The predicted octanol–water partition coefficient (Wildman–Crippen LogP) is 4.73. The lowest BCUT2D eigenvalue weighted by atomic mass is 10.1. The summed E-state index contributed by atoms with van der Waals surface area (Å²) in [5, 5.41) is 3.03. The molecule has 0 saturated heterocycles. The Morgan fingerprint density at radius 2 is 1.70 bits per heavy atom. The van der Waals surface area contributed by atoms with Crippen LogP contribution in [0.1, 0.15) is 15.9 Å². The lowest BCUT2D eigenvalue weighted by Crippen LogP contribution is -2.27. The van der Waals surface area contributed by atoms with Crippen LogP contribution in [0.2, 0.25) is 5.02 Å². The number of carbonyl (C=O) groups excluding carboxylic acids is 1. The molecule has 0 spiro atoms. The van der Waals surface area contributed by atoms with Crippen molar-refractivity contribution in [3.05, 3.63) is 82.9 Å². The van der Waals surface area contributed by atoms with Gasteiger partial charge in [-0.15, -0.1) is 0 Å². The maximum Gasteiger partial charge on any atom is 0.264 e. The SMILES string of the molecule is COc1ccc(S(=O)(=O)N(C)c2ccc(Cl)c(C(=O)Nc3ccccc3C)c2)cc1. The average Bonchev–Trinajstić information content (AvgIpc) is 2.75. The van der Waals surface area contributed by atoms with Crippen LogP contribution in [-0.2, 0) is 10.0 Å². The summed E-state index contributed by atoms with van der Waals surface area (Å²) in [5.74, 6) is 0.129. The van der Waals surface area contributed by atoms with Crippen LogP contribution in [0.15, 0.2) is 71.6 Å². The first-order valence-electron chi connectivity index (χ1n) is 9.03. The van der Waals surface area contributed by atoms with Crippen LogP contribution < -0.4 is 14.4 Å². The van der Waals surface area contributed by atoms with Crippen LogP contribution in [0, 0.1) is 6.92 Å². The lowest BCUT2D eigenvalue weighted by molar-refractivity contribution is 0.102. The molecular formula is C22H21ClN2O4S. The van der Waals surface area contributed by atoms with Crippen molar-refractivity contribution in [1.29, 1.82) is 0 Å². The molecule has 1 N–H and O–H groups in total. The molecule has 0 aromatic heterocycles. The number of rotatable bonds is 6. The quantitative estimate of drug-likeness (QED) is 0.596. The average molecular weight is 445 g/mol. The maximum atomic E-state index is 13.0. The Hall–Kier alpha value is -3.03. The number of anilines is 2. The summed E-state index contributed by atoms with van der Waals surface area (Å²) in [6.07, 6.45) is 0. The molecule has 3 rings (SSSR count). The van der Waals surface area contributed by atoms with Crippen LogP contribution in [0.5, 0.6) is 5.75 Å². The van der Waals surface area contributed by atoms with Gasteiger partial charge in [0.05, 0.1) is 28.3 Å². The first kappa shape index (κ1) is 21.7. The summed E-state index contributed by atoms with van der Waals surface area (Å²) in [5.41, 5.74) is 2.04. The first-order valence-corrected chi connectivity index (χ1v) is 10.9. The Bertz CT molecular complexity index is 1180. The lowest BCUT2D eigenvalue weighted by Gasteiger charge is -2.21. The summed E-state index contributed by atoms with van der Waals surface area (Å²) in [6.45, 7) is 1.88. The molecule has 6 nitrogen and oxygen atoms in total. The third-order valence-corrected chi connectivity index (χ3v) is 6.80. The maximum absolute atomic E-state index is 13.0. The van der Waals surface area contributed by atoms with E-state index in [1.54, 1.807) is 24.3 Å². The van der Waals surface area contributed by atoms with Gasteiger partial charge in [0.1, 0.15) is 5.75 Å². The second kappa shape index (κ2) is 8.77. The number of nitrogens with zero attached hydrogens (tertiary/aromatic N) is 1. The van der Waals surface area contributed by atoms with E-state index in [1.165, 1.54) is 38.4 Å². The van der Waals surface area contributed by atoms with E-state index in [-0.39, 0.29) is 15.5 Å². The van der Waals surface area contributed by atoms with Crippen LogP contribution in [0.3, 0.4) is 0 Å². The molecule has 0 bridgehead atoms. The van der Waals surface area contributed by atoms with Gasteiger partial charge in [0, 0.05) is 12.7 Å². The fourth-order valence-electron chi connectivity index (χ4n) is 2.83. The van der Waals surface area contributed by atoms with E-state index in [4.69, 9.17) is 16.3 Å². The van der Waals surface area contributed by atoms with E-state index in [2.05, 4.69) is 5.32 Å². The fourth-order valence-corrected chi connectivity index (χ4v) is 4.22. The molecule has 30 heavy (non-hydrogen) atoms. The van der Waals surface area contributed by atoms with Gasteiger partial charge in [0.25, 0.3) is 15.9 Å². The predicted molar refractivity (Wildman–Crippen MR) is 119 cm³/mol. The fraction of sp³-hybridized carbons (Fsp3) is 0.136. The third-order valence-electron chi connectivity index (χ3n) is 4.67. The molecule has 0 aliphatic carbocycles. The van der Waals surface area contributed by atoms with Gasteiger partial charge >= 0.3 is 0 Å². The Kier molecular flexibility index (Phi) is 6.34. The third kappa shape index (κ3) is 4.42. The van der Waals surface area contributed by atoms with Crippen LogP contribution in [0.4, 0.5) is 11.4 Å². The normalized spacial score (nSPS) is 11.1. The van der Waals surface area contributed by atoms with Crippen molar-refractivity contribution in [1.82, 2.24) is 0 Å². The van der Waals surface area contributed by atoms with E-state index in [0.717, 1.165) is 9.87 Å². The molecule has 0 fully saturated rings. The number of para-hydroxylation sites is 1. The number of amides is 1. The second-order valence-electron chi connectivity index (χ2n) is 6.58. The molecule has 0 saturated carbocycles. The number of carbonyl (C=O) groups is 1. The van der Waals surface area contributed by atoms with Gasteiger partial charge in [-0.05, 0) is 61.0 Å². The van der Waals surface area contributed by atoms with E-state index in [1.807, 2.05) is 25.1 Å². The van der Waals surface area contributed by atoms with Gasteiger partial charge in [0.2, 0.25) is 0 Å². The molecule has 3 aromatic carbocycles. The smallest absolute Gasteiger partial charge is 0.264 e. The molecule has 0 aliphatic rings. The number of methoxy groups -OCH3 is 1. The number of hydrogen-bond acceptors (Lipinski definition) is 4. The van der Waals surface area contributed by atoms with Gasteiger partial charge in [-0.1, -0.05) is 29.8 Å². The van der Waals surface area contributed by atoms with Gasteiger partial charge in [-0.3, -0.25) is 9.10 Å². The molecule has 1 amide bonds. The molecular weight excluding hydrogens is 424 g/mol. The summed E-state index contributed by atoms with van der Waals surface area (Å²) < 4.78 is 32.1. The van der Waals surface area contributed by atoms with Gasteiger partial charge in [-0.25, -0.2) is 8.42 Å². The molecule has 8 heteroatoms. The summed E-state index contributed by atoms with van der Waals surface area (Å²) in [6, 6.07) is 17.9. The zero-order valence-corrected chi connectivity index (χ0v) is 18.3. The zero-order chi connectivity index (χ0) is 21.9. The molecule has 3 aromatic rings. The Balaban J connectivity index is 1.91. The summed E-state index contributed by atoms with van der Waals surface area (Å²) in [7, 11) is -0.906. The molecule has 0 unspecified atom stereocenters.